The van der Waals surface area contributed by atoms with Gasteiger partial charge >= 0.3 is 0 Å². The monoisotopic (exact) mass is 285 g/mol. The number of methoxy groups -OCH3 is 1. The van der Waals surface area contributed by atoms with Gasteiger partial charge in [-0.1, -0.05) is 15.9 Å². The standard InChI is InChI=1S/C12H16BrNO2/c1-9-6-10(13)8-11(7-9)14-12(15)4-3-5-16-2/h6-8H,3-5H2,1-2H3,(H,14,15). The van der Waals surface area contributed by atoms with E-state index in [2.05, 4.69) is 21.2 Å². The van der Waals surface area contributed by atoms with E-state index in [0.29, 0.717) is 13.0 Å². The first-order valence-electron chi connectivity index (χ1n) is 5.18. The highest BCUT2D eigenvalue weighted by atomic mass is 79.9. The number of hydrogen-bond acceptors (Lipinski definition) is 2. The Morgan fingerprint density at radius 3 is 2.81 bits per heavy atom. The molecule has 0 unspecified atom stereocenters. The first-order valence-corrected chi connectivity index (χ1v) is 5.97. The van der Waals surface area contributed by atoms with E-state index in [1.165, 1.54) is 0 Å². The van der Waals surface area contributed by atoms with Gasteiger partial charge in [0.05, 0.1) is 0 Å². The minimum atomic E-state index is 0.0227. The highest BCUT2D eigenvalue weighted by Crippen LogP contribution is 2.19. The lowest BCUT2D eigenvalue weighted by molar-refractivity contribution is -0.116. The molecule has 16 heavy (non-hydrogen) atoms. The molecule has 0 aliphatic rings. The van der Waals surface area contributed by atoms with Gasteiger partial charge < -0.3 is 10.1 Å². The third-order valence-electron chi connectivity index (χ3n) is 2.08. The van der Waals surface area contributed by atoms with Gasteiger partial charge in [-0.3, -0.25) is 4.79 Å². The normalized spacial score (nSPS) is 10.2. The summed E-state index contributed by atoms with van der Waals surface area (Å²) in [6.45, 7) is 2.61. The first-order chi connectivity index (χ1) is 7.61. The Balaban J connectivity index is 2.49. The summed E-state index contributed by atoms with van der Waals surface area (Å²) in [7, 11) is 1.63. The van der Waals surface area contributed by atoms with Crippen LogP contribution in [0.1, 0.15) is 18.4 Å². The Hall–Kier alpha value is -0.870. The number of aryl methyl sites for hydroxylation is 1. The minimum absolute atomic E-state index is 0.0227. The van der Waals surface area contributed by atoms with Crippen molar-refractivity contribution in [1.82, 2.24) is 0 Å². The van der Waals surface area contributed by atoms with Crippen LogP contribution in [-0.2, 0) is 9.53 Å². The fraction of sp³-hybridized carbons (Fsp3) is 0.417. The van der Waals surface area contributed by atoms with Crippen LogP contribution in [0, 0.1) is 6.92 Å². The van der Waals surface area contributed by atoms with Crippen molar-refractivity contribution in [2.45, 2.75) is 19.8 Å². The van der Waals surface area contributed by atoms with E-state index in [1.807, 2.05) is 25.1 Å². The van der Waals surface area contributed by atoms with E-state index in [4.69, 9.17) is 4.74 Å². The van der Waals surface area contributed by atoms with Crippen LogP contribution in [0.3, 0.4) is 0 Å². The number of ether oxygens (including phenoxy) is 1. The second-order valence-electron chi connectivity index (χ2n) is 3.66. The molecule has 0 saturated carbocycles. The summed E-state index contributed by atoms with van der Waals surface area (Å²) < 4.78 is 5.87. The molecule has 0 spiro atoms. The summed E-state index contributed by atoms with van der Waals surface area (Å²) >= 11 is 3.40. The summed E-state index contributed by atoms with van der Waals surface area (Å²) in [5.74, 6) is 0.0227. The van der Waals surface area contributed by atoms with Crippen LogP contribution in [0.2, 0.25) is 0 Å². The molecule has 0 fully saturated rings. The molecule has 0 radical (unpaired) electrons. The summed E-state index contributed by atoms with van der Waals surface area (Å²) in [6, 6.07) is 5.83. The zero-order valence-corrected chi connectivity index (χ0v) is 11.1. The van der Waals surface area contributed by atoms with Crippen LogP contribution in [0.25, 0.3) is 0 Å². The van der Waals surface area contributed by atoms with Crippen molar-refractivity contribution in [3.05, 3.63) is 28.2 Å². The van der Waals surface area contributed by atoms with Gasteiger partial charge in [-0.15, -0.1) is 0 Å². The second-order valence-corrected chi connectivity index (χ2v) is 4.58. The van der Waals surface area contributed by atoms with Crippen LogP contribution in [-0.4, -0.2) is 19.6 Å². The average Bonchev–Trinajstić information content (AvgIpc) is 2.16. The highest BCUT2D eigenvalue weighted by molar-refractivity contribution is 9.10. The molecule has 1 amide bonds. The molecule has 3 nitrogen and oxygen atoms in total. The predicted octanol–water partition coefficient (Wildman–Crippen LogP) is 3.12. The highest BCUT2D eigenvalue weighted by Gasteiger charge is 2.03. The molecule has 0 bridgehead atoms. The summed E-state index contributed by atoms with van der Waals surface area (Å²) in [5, 5.41) is 2.86. The number of benzene rings is 1. The van der Waals surface area contributed by atoms with E-state index >= 15 is 0 Å². The maximum Gasteiger partial charge on any atom is 0.224 e. The molecule has 0 atom stereocenters. The number of amides is 1. The molecule has 1 N–H and O–H groups in total. The Kier molecular flexibility index (Phi) is 5.49. The van der Waals surface area contributed by atoms with Gasteiger partial charge in [0.15, 0.2) is 0 Å². The fourth-order valence-corrected chi connectivity index (χ4v) is 2.02. The lowest BCUT2D eigenvalue weighted by Crippen LogP contribution is -2.12. The summed E-state index contributed by atoms with van der Waals surface area (Å²) in [6.07, 6.45) is 1.23. The maximum atomic E-state index is 11.5. The molecule has 1 aromatic rings. The fourth-order valence-electron chi connectivity index (χ4n) is 1.41. The van der Waals surface area contributed by atoms with Gasteiger partial charge in [0.25, 0.3) is 0 Å². The maximum absolute atomic E-state index is 11.5. The van der Waals surface area contributed by atoms with Crippen molar-refractivity contribution in [3.63, 3.8) is 0 Å². The smallest absolute Gasteiger partial charge is 0.224 e. The van der Waals surface area contributed by atoms with Gasteiger partial charge in [0.2, 0.25) is 5.91 Å². The van der Waals surface area contributed by atoms with E-state index in [9.17, 15) is 4.79 Å². The number of carbonyl (C=O) groups is 1. The molecule has 0 aromatic heterocycles. The molecule has 4 heteroatoms. The molecule has 0 heterocycles. The van der Waals surface area contributed by atoms with Gasteiger partial charge in [0.1, 0.15) is 0 Å². The lowest BCUT2D eigenvalue weighted by atomic mass is 10.2. The van der Waals surface area contributed by atoms with Gasteiger partial charge in [-0.25, -0.2) is 0 Å². The zero-order valence-electron chi connectivity index (χ0n) is 9.55. The molecule has 1 aromatic carbocycles. The number of rotatable bonds is 5. The van der Waals surface area contributed by atoms with Crippen molar-refractivity contribution in [2.24, 2.45) is 0 Å². The van der Waals surface area contributed by atoms with Gasteiger partial charge in [0, 0.05) is 30.3 Å². The molecule has 0 aliphatic heterocycles. The summed E-state index contributed by atoms with van der Waals surface area (Å²) in [4.78, 5) is 11.5. The van der Waals surface area contributed by atoms with Crippen molar-refractivity contribution in [3.8, 4) is 0 Å². The molecule has 0 saturated heterocycles. The third kappa shape index (κ3) is 4.77. The van der Waals surface area contributed by atoms with E-state index in [1.54, 1.807) is 7.11 Å². The first kappa shape index (κ1) is 13.2. The van der Waals surface area contributed by atoms with Crippen molar-refractivity contribution in [2.75, 3.05) is 19.0 Å². The quantitative estimate of drug-likeness (QED) is 0.844. The van der Waals surface area contributed by atoms with Crippen molar-refractivity contribution >= 4 is 27.5 Å². The van der Waals surface area contributed by atoms with Crippen molar-refractivity contribution < 1.29 is 9.53 Å². The number of halogens is 1. The summed E-state index contributed by atoms with van der Waals surface area (Å²) in [5.41, 5.74) is 1.94. The van der Waals surface area contributed by atoms with E-state index in [0.717, 1.165) is 22.1 Å². The Bertz CT molecular complexity index is 346. The van der Waals surface area contributed by atoms with Crippen LogP contribution in [0.4, 0.5) is 5.69 Å². The zero-order chi connectivity index (χ0) is 12.0. The van der Waals surface area contributed by atoms with E-state index < -0.39 is 0 Å². The molecule has 88 valence electrons. The van der Waals surface area contributed by atoms with Crippen LogP contribution < -0.4 is 5.32 Å². The largest absolute Gasteiger partial charge is 0.385 e. The number of anilines is 1. The van der Waals surface area contributed by atoms with Crippen LogP contribution >= 0.6 is 15.9 Å². The Morgan fingerprint density at radius 1 is 1.44 bits per heavy atom. The minimum Gasteiger partial charge on any atom is -0.385 e. The SMILES string of the molecule is COCCCC(=O)Nc1cc(C)cc(Br)c1. The van der Waals surface area contributed by atoms with Crippen molar-refractivity contribution in [1.29, 1.82) is 0 Å². The number of nitrogens with one attached hydrogen (secondary N) is 1. The van der Waals surface area contributed by atoms with Crippen LogP contribution in [0.5, 0.6) is 0 Å². The molecule has 1 rings (SSSR count). The number of hydrogen-bond donors (Lipinski definition) is 1. The second kappa shape index (κ2) is 6.66. The molecular formula is C12H16BrNO2. The lowest BCUT2D eigenvalue weighted by Gasteiger charge is -2.06. The average molecular weight is 286 g/mol. The van der Waals surface area contributed by atoms with Gasteiger partial charge in [-0.05, 0) is 37.1 Å². The van der Waals surface area contributed by atoms with Crippen LogP contribution in [0.15, 0.2) is 22.7 Å². The molecule has 0 aliphatic carbocycles. The predicted molar refractivity (Wildman–Crippen MR) is 68.6 cm³/mol. The van der Waals surface area contributed by atoms with Gasteiger partial charge in [-0.2, -0.15) is 0 Å². The Morgan fingerprint density at radius 2 is 2.19 bits per heavy atom. The Labute approximate surface area is 104 Å². The third-order valence-corrected chi connectivity index (χ3v) is 2.54. The molecular weight excluding hydrogens is 270 g/mol. The van der Waals surface area contributed by atoms with E-state index in [-0.39, 0.29) is 5.91 Å². The topological polar surface area (TPSA) is 38.3 Å². The number of carbonyl (C=O) groups excluding carboxylic acids is 1.